The maximum atomic E-state index is 12.5. The monoisotopic (exact) mass is 397 g/mol. The van der Waals surface area contributed by atoms with E-state index in [4.69, 9.17) is 0 Å². The summed E-state index contributed by atoms with van der Waals surface area (Å²) in [6.07, 6.45) is 4.64. The van der Waals surface area contributed by atoms with Crippen molar-refractivity contribution in [2.45, 2.75) is 45.6 Å². The molecule has 8 heteroatoms. The predicted molar refractivity (Wildman–Crippen MR) is 103 cm³/mol. The molecule has 2 N–H and O–H groups in total. The Bertz CT molecular complexity index is 635. The summed E-state index contributed by atoms with van der Waals surface area (Å²) >= 11 is 0. The van der Waals surface area contributed by atoms with Gasteiger partial charge in [-0.05, 0) is 44.5 Å². The van der Waals surface area contributed by atoms with Crippen molar-refractivity contribution in [3.05, 3.63) is 24.3 Å². The van der Waals surface area contributed by atoms with Crippen LogP contribution in [0.3, 0.4) is 0 Å². The third kappa shape index (κ3) is 7.42. The van der Waals surface area contributed by atoms with Gasteiger partial charge in [-0.15, -0.1) is 0 Å². The maximum Gasteiger partial charge on any atom is 0.387 e. The van der Waals surface area contributed by atoms with E-state index in [0.717, 1.165) is 25.8 Å². The molecule has 1 fully saturated rings. The Labute approximate surface area is 164 Å². The van der Waals surface area contributed by atoms with E-state index in [1.807, 2.05) is 4.90 Å². The Morgan fingerprint density at radius 3 is 2.61 bits per heavy atom. The van der Waals surface area contributed by atoms with Crippen molar-refractivity contribution in [1.29, 1.82) is 0 Å². The van der Waals surface area contributed by atoms with E-state index in [-0.39, 0.29) is 35.7 Å². The zero-order chi connectivity index (χ0) is 20.4. The van der Waals surface area contributed by atoms with Crippen LogP contribution in [0.25, 0.3) is 0 Å². The first-order chi connectivity index (χ1) is 13.5. The van der Waals surface area contributed by atoms with Gasteiger partial charge in [-0.3, -0.25) is 14.5 Å². The molecule has 6 nitrogen and oxygen atoms in total. The van der Waals surface area contributed by atoms with Crippen molar-refractivity contribution in [2.75, 3.05) is 31.5 Å². The Balaban J connectivity index is 1.74. The molecule has 0 radical (unpaired) electrons. The molecular weight excluding hydrogens is 368 g/mol. The average Bonchev–Trinajstić information content (AvgIpc) is 2.67. The Morgan fingerprint density at radius 1 is 1.21 bits per heavy atom. The number of unbranched alkanes of at least 4 members (excludes halogenated alkanes) is 2. The second-order valence-electron chi connectivity index (χ2n) is 6.97. The number of para-hydroxylation sites is 2. The van der Waals surface area contributed by atoms with Crippen LogP contribution in [0.5, 0.6) is 5.75 Å². The minimum absolute atomic E-state index is 0.0129. The number of carbonyl (C=O) groups is 2. The van der Waals surface area contributed by atoms with Crippen LogP contribution >= 0.6 is 0 Å². The molecule has 0 saturated carbocycles. The smallest absolute Gasteiger partial charge is 0.387 e. The number of carbonyl (C=O) groups excluding carboxylic acids is 2. The molecule has 2 rings (SSSR count). The molecule has 1 aliphatic rings. The third-order valence-corrected chi connectivity index (χ3v) is 4.78. The molecule has 0 bridgehead atoms. The molecule has 156 valence electrons. The van der Waals surface area contributed by atoms with Gasteiger partial charge in [0.25, 0.3) is 0 Å². The first kappa shape index (κ1) is 22.1. The van der Waals surface area contributed by atoms with E-state index in [2.05, 4.69) is 22.3 Å². The van der Waals surface area contributed by atoms with Gasteiger partial charge in [-0.1, -0.05) is 31.9 Å². The van der Waals surface area contributed by atoms with Gasteiger partial charge in [0.15, 0.2) is 0 Å². The second-order valence-corrected chi connectivity index (χ2v) is 6.97. The van der Waals surface area contributed by atoms with Crippen LogP contribution in [-0.4, -0.2) is 49.5 Å². The number of nitrogens with one attached hydrogen (secondary N) is 2. The van der Waals surface area contributed by atoms with Crippen molar-refractivity contribution >= 4 is 17.5 Å². The van der Waals surface area contributed by atoms with Crippen LogP contribution in [0.15, 0.2) is 24.3 Å². The van der Waals surface area contributed by atoms with Gasteiger partial charge in [0.2, 0.25) is 11.8 Å². The molecule has 0 atom stereocenters. The van der Waals surface area contributed by atoms with E-state index >= 15 is 0 Å². The lowest BCUT2D eigenvalue weighted by Gasteiger charge is -2.30. The number of likely N-dealkylation sites (tertiary alicyclic amines) is 1. The molecular formula is C20H29F2N3O3. The largest absolute Gasteiger partial charge is 0.433 e. The molecule has 1 aliphatic heterocycles. The van der Waals surface area contributed by atoms with Gasteiger partial charge in [0.1, 0.15) is 5.75 Å². The minimum Gasteiger partial charge on any atom is -0.433 e. The highest BCUT2D eigenvalue weighted by molar-refractivity contribution is 5.93. The van der Waals surface area contributed by atoms with Crippen LogP contribution in [0.4, 0.5) is 14.5 Å². The predicted octanol–water partition coefficient (Wildman–Crippen LogP) is 3.24. The fraction of sp³-hybridized carbons (Fsp3) is 0.600. The fourth-order valence-corrected chi connectivity index (χ4v) is 3.25. The number of alkyl halides is 2. The van der Waals surface area contributed by atoms with Crippen LogP contribution < -0.4 is 15.4 Å². The van der Waals surface area contributed by atoms with E-state index in [9.17, 15) is 18.4 Å². The molecule has 1 aromatic rings. The SMILES string of the molecule is CCCCCNC(=O)C1CCN(CC(=O)Nc2ccccc2OC(F)F)CC1. The molecule has 1 saturated heterocycles. The summed E-state index contributed by atoms with van der Waals surface area (Å²) in [5, 5.41) is 5.60. The number of anilines is 1. The first-order valence-electron chi connectivity index (χ1n) is 9.83. The summed E-state index contributed by atoms with van der Waals surface area (Å²) < 4.78 is 29.3. The molecule has 0 aromatic heterocycles. The quantitative estimate of drug-likeness (QED) is 0.595. The van der Waals surface area contributed by atoms with Crippen molar-refractivity contribution in [2.24, 2.45) is 5.92 Å². The minimum atomic E-state index is -2.95. The van der Waals surface area contributed by atoms with Gasteiger partial charge in [0.05, 0.1) is 12.2 Å². The summed E-state index contributed by atoms with van der Waals surface area (Å²) in [5.41, 5.74) is 0.217. The topological polar surface area (TPSA) is 70.7 Å². The number of rotatable bonds is 10. The number of amides is 2. The summed E-state index contributed by atoms with van der Waals surface area (Å²) in [6.45, 7) is 1.33. The molecule has 28 heavy (non-hydrogen) atoms. The van der Waals surface area contributed by atoms with Gasteiger partial charge < -0.3 is 15.4 Å². The number of halogens is 2. The van der Waals surface area contributed by atoms with Gasteiger partial charge in [-0.25, -0.2) is 0 Å². The van der Waals surface area contributed by atoms with E-state index in [1.165, 1.54) is 12.1 Å². The van der Waals surface area contributed by atoms with E-state index in [1.54, 1.807) is 12.1 Å². The van der Waals surface area contributed by atoms with Gasteiger partial charge >= 0.3 is 6.61 Å². The lowest BCUT2D eigenvalue weighted by atomic mass is 9.96. The summed E-state index contributed by atoms with van der Waals surface area (Å²) in [6, 6.07) is 6.10. The number of ether oxygens (including phenoxy) is 1. The molecule has 2 amide bonds. The Kier molecular flexibility index (Phi) is 9.13. The second kappa shape index (κ2) is 11.6. The number of piperidine rings is 1. The van der Waals surface area contributed by atoms with Gasteiger partial charge in [0, 0.05) is 12.5 Å². The normalized spacial score (nSPS) is 15.4. The lowest BCUT2D eigenvalue weighted by Crippen LogP contribution is -2.43. The fourth-order valence-electron chi connectivity index (χ4n) is 3.25. The summed E-state index contributed by atoms with van der Waals surface area (Å²) in [7, 11) is 0. The summed E-state index contributed by atoms with van der Waals surface area (Å²) in [5.74, 6) is -0.281. The van der Waals surface area contributed by atoms with Crippen molar-refractivity contribution in [3.63, 3.8) is 0 Å². The molecule has 0 spiro atoms. The first-order valence-corrected chi connectivity index (χ1v) is 9.83. The van der Waals surface area contributed by atoms with E-state index < -0.39 is 6.61 Å². The Morgan fingerprint density at radius 2 is 1.93 bits per heavy atom. The molecule has 0 unspecified atom stereocenters. The zero-order valence-corrected chi connectivity index (χ0v) is 16.3. The number of hydrogen-bond donors (Lipinski definition) is 2. The number of benzene rings is 1. The summed E-state index contributed by atoms with van der Waals surface area (Å²) in [4.78, 5) is 26.4. The zero-order valence-electron chi connectivity index (χ0n) is 16.3. The molecule has 1 heterocycles. The van der Waals surface area contributed by atoms with Crippen molar-refractivity contribution < 1.29 is 23.1 Å². The molecule has 1 aromatic carbocycles. The number of hydrogen-bond acceptors (Lipinski definition) is 4. The average molecular weight is 397 g/mol. The van der Waals surface area contributed by atoms with Crippen LogP contribution in [0.1, 0.15) is 39.0 Å². The standard InChI is InChI=1S/C20H29F2N3O3/c1-2-3-6-11-23-19(27)15-9-12-25(13-10-15)14-18(26)24-16-7-4-5-8-17(16)28-20(21)22/h4-5,7-8,15,20H,2-3,6,9-14H2,1H3,(H,23,27)(H,24,26). The highest BCUT2D eigenvalue weighted by Gasteiger charge is 2.25. The maximum absolute atomic E-state index is 12.5. The van der Waals surface area contributed by atoms with Crippen LogP contribution in [-0.2, 0) is 9.59 Å². The van der Waals surface area contributed by atoms with Crippen LogP contribution in [0, 0.1) is 5.92 Å². The third-order valence-electron chi connectivity index (χ3n) is 4.78. The Hall–Kier alpha value is -2.22. The highest BCUT2D eigenvalue weighted by atomic mass is 19.3. The highest BCUT2D eigenvalue weighted by Crippen LogP contribution is 2.25. The molecule has 0 aliphatic carbocycles. The van der Waals surface area contributed by atoms with Crippen molar-refractivity contribution in [1.82, 2.24) is 10.2 Å². The van der Waals surface area contributed by atoms with Crippen LogP contribution in [0.2, 0.25) is 0 Å². The van der Waals surface area contributed by atoms with Gasteiger partial charge in [-0.2, -0.15) is 8.78 Å². The van der Waals surface area contributed by atoms with Crippen molar-refractivity contribution in [3.8, 4) is 5.75 Å². The number of nitrogens with zero attached hydrogens (tertiary/aromatic N) is 1. The lowest BCUT2D eigenvalue weighted by molar-refractivity contribution is -0.126. The van der Waals surface area contributed by atoms with E-state index in [0.29, 0.717) is 25.9 Å².